The Morgan fingerprint density at radius 3 is 2.57 bits per heavy atom. The van der Waals surface area contributed by atoms with E-state index in [2.05, 4.69) is 50.8 Å². The molecule has 3 aliphatic rings. The number of fused-ring (bicyclic) bond motifs is 1. The molecule has 2 fully saturated rings. The molecule has 0 aliphatic carbocycles. The molecule has 3 aliphatic heterocycles. The normalized spacial score (nSPS) is 20.7. The zero-order chi connectivity index (χ0) is 24.5. The molecule has 2 aromatic rings. The number of piperazine rings is 1. The lowest BCUT2D eigenvalue weighted by Gasteiger charge is -2.37. The molecule has 184 valence electrons. The zero-order valence-corrected chi connectivity index (χ0v) is 20.4. The van der Waals surface area contributed by atoms with Crippen LogP contribution in [0, 0.1) is 0 Å². The molecule has 3 amide bonds. The molecule has 0 spiro atoms. The highest BCUT2D eigenvalue weighted by Gasteiger charge is 2.38. The van der Waals surface area contributed by atoms with Gasteiger partial charge in [-0.25, -0.2) is 9.78 Å². The number of amides is 3. The molecule has 1 atom stereocenters. The number of benzene rings is 1. The van der Waals surface area contributed by atoms with E-state index < -0.39 is 0 Å². The Bertz CT molecular complexity index is 1110. The number of nitrogens with one attached hydrogen (secondary N) is 1. The molecule has 0 radical (unpaired) electrons. The molecule has 1 N–H and O–H groups in total. The highest BCUT2D eigenvalue weighted by molar-refractivity contribution is 5.93. The van der Waals surface area contributed by atoms with Gasteiger partial charge >= 0.3 is 6.03 Å². The van der Waals surface area contributed by atoms with Crippen molar-refractivity contribution in [1.82, 2.24) is 24.7 Å². The number of hydrogen-bond donors (Lipinski definition) is 1. The molecule has 1 unspecified atom stereocenters. The maximum atomic E-state index is 13.1. The van der Waals surface area contributed by atoms with Crippen molar-refractivity contribution >= 4 is 35.1 Å². The second-order valence-electron chi connectivity index (χ2n) is 9.41. The van der Waals surface area contributed by atoms with Crippen LogP contribution in [0.4, 0.5) is 27.9 Å². The van der Waals surface area contributed by atoms with E-state index in [0.717, 1.165) is 43.9 Å². The first-order valence-corrected chi connectivity index (χ1v) is 12.0. The number of urea groups is 1. The van der Waals surface area contributed by atoms with Crippen LogP contribution in [0.1, 0.15) is 12.0 Å². The van der Waals surface area contributed by atoms with E-state index in [1.165, 1.54) is 11.8 Å². The van der Waals surface area contributed by atoms with Crippen molar-refractivity contribution in [1.29, 1.82) is 0 Å². The molecule has 0 saturated carbocycles. The summed E-state index contributed by atoms with van der Waals surface area (Å²) in [6.07, 6.45) is 3.85. The molecule has 10 nitrogen and oxygen atoms in total. The smallest absolute Gasteiger partial charge is 0.326 e. The topological polar surface area (TPSA) is 88.2 Å². The van der Waals surface area contributed by atoms with Crippen LogP contribution in [0.5, 0.6) is 0 Å². The van der Waals surface area contributed by atoms with Gasteiger partial charge in [-0.15, -0.1) is 0 Å². The van der Waals surface area contributed by atoms with E-state index in [1.54, 1.807) is 23.0 Å². The lowest BCUT2D eigenvalue weighted by Crippen LogP contribution is -2.51. The summed E-state index contributed by atoms with van der Waals surface area (Å²) in [4.78, 5) is 44.1. The van der Waals surface area contributed by atoms with Crippen LogP contribution in [0.3, 0.4) is 0 Å². The largest absolute Gasteiger partial charge is 0.369 e. The van der Waals surface area contributed by atoms with E-state index in [9.17, 15) is 9.59 Å². The third-order valence-electron chi connectivity index (χ3n) is 7.12. The van der Waals surface area contributed by atoms with Gasteiger partial charge in [-0.2, -0.15) is 4.98 Å². The summed E-state index contributed by atoms with van der Waals surface area (Å²) in [5.41, 5.74) is 2.99. The molecule has 5 rings (SSSR count). The van der Waals surface area contributed by atoms with Crippen LogP contribution in [-0.2, 0) is 11.3 Å². The Kier molecular flexibility index (Phi) is 6.29. The van der Waals surface area contributed by atoms with Gasteiger partial charge in [-0.1, -0.05) is 6.58 Å². The molecule has 1 aromatic carbocycles. The fourth-order valence-corrected chi connectivity index (χ4v) is 4.95. The number of rotatable bonds is 5. The summed E-state index contributed by atoms with van der Waals surface area (Å²) in [5, 5.41) is 3.26. The number of likely N-dealkylation sites (tertiary alicyclic amines) is 1. The Labute approximate surface area is 205 Å². The van der Waals surface area contributed by atoms with E-state index in [1.807, 2.05) is 17.0 Å². The number of carbonyl (C=O) groups excluding carboxylic acids is 2. The molecular formula is C25H32N8O2. The lowest BCUT2D eigenvalue weighted by atomic mass is 10.1. The SMILES string of the molecule is C=CC(=O)N1CCC(N2Cc3cnc(Nc4ccc(N5CCN(C)CC5)cc4)nc3N(C)C2=O)C1. The van der Waals surface area contributed by atoms with Crippen molar-refractivity contribution in [3.05, 3.63) is 48.7 Å². The first kappa shape index (κ1) is 23.1. The van der Waals surface area contributed by atoms with Crippen LogP contribution >= 0.6 is 0 Å². The standard InChI is InChI=1S/C25H32N8O2/c1-4-22(34)32-10-9-21(17-32)33-16-18-15-26-24(28-23(18)30(3)25(33)35)27-19-5-7-20(8-6-19)31-13-11-29(2)12-14-31/h4-8,15,21H,1,9-14,16-17H2,2-3H3,(H,26,27,28). The van der Waals surface area contributed by atoms with Crippen LogP contribution in [0.15, 0.2) is 43.1 Å². The fourth-order valence-electron chi connectivity index (χ4n) is 4.95. The van der Waals surface area contributed by atoms with Gasteiger partial charge in [0.25, 0.3) is 0 Å². The van der Waals surface area contributed by atoms with Gasteiger partial charge in [0.15, 0.2) is 0 Å². The number of aromatic nitrogens is 2. The summed E-state index contributed by atoms with van der Waals surface area (Å²) in [5.74, 6) is 0.962. The van der Waals surface area contributed by atoms with Crippen molar-refractivity contribution in [3.63, 3.8) is 0 Å². The maximum absolute atomic E-state index is 13.1. The number of anilines is 4. The lowest BCUT2D eigenvalue weighted by molar-refractivity contribution is -0.125. The third kappa shape index (κ3) is 4.66. The monoisotopic (exact) mass is 476 g/mol. The fraction of sp³-hybridized carbons (Fsp3) is 0.440. The Hall–Kier alpha value is -3.66. The molecule has 10 heteroatoms. The van der Waals surface area contributed by atoms with Gasteiger partial charge in [0.2, 0.25) is 11.9 Å². The summed E-state index contributed by atoms with van der Waals surface area (Å²) < 4.78 is 0. The maximum Gasteiger partial charge on any atom is 0.326 e. The summed E-state index contributed by atoms with van der Waals surface area (Å²) in [7, 11) is 3.89. The van der Waals surface area contributed by atoms with E-state index in [-0.39, 0.29) is 18.0 Å². The third-order valence-corrected chi connectivity index (χ3v) is 7.12. The molecule has 2 saturated heterocycles. The van der Waals surface area contributed by atoms with Crippen LogP contribution < -0.4 is 15.1 Å². The Morgan fingerprint density at radius 1 is 1.11 bits per heavy atom. The van der Waals surface area contributed by atoms with Crippen LogP contribution in [0.2, 0.25) is 0 Å². The second kappa shape index (κ2) is 9.53. The predicted octanol–water partition coefficient (Wildman–Crippen LogP) is 2.13. The van der Waals surface area contributed by atoms with Gasteiger partial charge in [-0.3, -0.25) is 9.69 Å². The number of nitrogens with zero attached hydrogens (tertiary/aromatic N) is 7. The molecule has 1 aromatic heterocycles. The van der Waals surface area contributed by atoms with Crippen LogP contribution in [0.25, 0.3) is 0 Å². The van der Waals surface area contributed by atoms with E-state index >= 15 is 0 Å². The quantitative estimate of drug-likeness (QED) is 0.662. The van der Waals surface area contributed by atoms with Crippen molar-refractivity contribution in [2.75, 3.05) is 68.5 Å². The van der Waals surface area contributed by atoms with Gasteiger partial charge in [0.1, 0.15) is 5.82 Å². The summed E-state index contributed by atoms with van der Waals surface area (Å²) in [6.45, 7) is 9.32. The van der Waals surface area contributed by atoms with Gasteiger partial charge in [0.05, 0.1) is 12.6 Å². The first-order valence-electron chi connectivity index (χ1n) is 12.0. The average Bonchev–Trinajstić information content (AvgIpc) is 3.37. The van der Waals surface area contributed by atoms with Gasteiger partial charge < -0.3 is 24.9 Å². The number of hydrogen-bond acceptors (Lipinski definition) is 7. The van der Waals surface area contributed by atoms with Crippen molar-refractivity contribution in [2.45, 2.75) is 19.0 Å². The summed E-state index contributed by atoms with van der Waals surface area (Å²) in [6, 6.07) is 8.14. The van der Waals surface area contributed by atoms with Gasteiger partial charge in [0, 0.05) is 69.5 Å². The minimum Gasteiger partial charge on any atom is -0.369 e. The molecule has 0 bridgehead atoms. The highest BCUT2D eigenvalue weighted by Crippen LogP contribution is 2.30. The second-order valence-corrected chi connectivity index (χ2v) is 9.41. The van der Waals surface area contributed by atoms with E-state index in [4.69, 9.17) is 0 Å². The van der Waals surface area contributed by atoms with Crippen molar-refractivity contribution < 1.29 is 9.59 Å². The minimum absolute atomic E-state index is 0.0291. The predicted molar refractivity (Wildman–Crippen MR) is 136 cm³/mol. The van der Waals surface area contributed by atoms with Crippen LogP contribution in [-0.4, -0.2) is 96.0 Å². The zero-order valence-electron chi connectivity index (χ0n) is 20.4. The van der Waals surface area contributed by atoms with Crippen molar-refractivity contribution in [2.24, 2.45) is 0 Å². The molecule has 35 heavy (non-hydrogen) atoms. The van der Waals surface area contributed by atoms with Gasteiger partial charge in [-0.05, 0) is 43.8 Å². The van der Waals surface area contributed by atoms with E-state index in [0.29, 0.717) is 31.4 Å². The first-order chi connectivity index (χ1) is 16.9. The molecule has 4 heterocycles. The Balaban J connectivity index is 1.26. The summed E-state index contributed by atoms with van der Waals surface area (Å²) >= 11 is 0. The minimum atomic E-state index is -0.114. The number of carbonyl (C=O) groups is 2. The number of likely N-dealkylation sites (N-methyl/N-ethyl adjacent to an activating group) is 1. The van der Waals surface area contributed by atoms with Crippen molar-refractivity contribution in [3.8, 4) is 0 Å². The highest BCUT2D eigenvalue weighted by atomic mass is 16.2. The molecular weight excluding hydrogens is 444 g/mol. The Morgan fingerprint density at radius 2 is 1.86 bits per heavy atom. The average molecular weight is 477 g/mol.